The number of nitrogens with one attached hydrogen (secondary N) is 9. The van der Waals surface area contributed by atoms with Crippen LogP contribution in [0.4, 0.5) is 13.2 Å². The third kappa shape index (κ3) is 22.0. The van der Waals surface area contributed by atoms with Crippen molar-refractivity contribution in [1.82, 2.24) is 57.1 Å². The number of phenols is 1. The van der Waals surface area contributed by atoms with Gasteiger partial charge < -0.3 is 73.8 Å². The van der Waals surface area contributed by atoms with Crippen molar-refractivity contribution < 1.29 is 76.1 Å². The first kappa shape index (κ1) is 76.2. The SMILES string of the molecule is NCCCC[C@@H]1NC(=O)CCSCc2cccc(c2)CSC[C@@H](C(N)=O)CC(=O)[C@@H]2C[C@H](F)CN2C(=O)[C@H](Cc2ccc(O)cc2)NC(=O)[C@H](Cc2cnc[nH]2)NC(=O)[C@H](CC(=O)O)NC(=O)[C@H](CC2CCC3CCC(F)CC32)NC(=O)[C@H](Cc2c[nH]c3ccc(F)cc23)NC(=O)CNC1=O. The number of amides is 9. The molecule has 5 aromatic rings. The van der Waals surface area contributed by atoms with Gasteiger partial charge in [-0.25, -0.2) is 18.2 Å². The lowest BCUT2D eigenvalue weighted by molar-refractivity contribution is -0.142. The van der Waals surface area contributed by atoms with Gasteiger partial charge in [0.05, 0.1) is 37.8 Å². The number of hydrogen-bond donors (Lipinski definition) is 13. The van der Waals surface area contributed by atoms with E-state index in [1.807, 2.05) is 24.3 Å². The molecule has 0 spiro atoms. The molecule has 2 saturated carbocycles. The van der Waals surface area contributed by atoms with Crippen molar-refractivity contribution in [3.63, 3.8) is 0 Å². The summed E-state index contributed by atoms with van der Waals surface area (Å²) in [5.41, 5.74) is 14.9. The minimum Gasteiger partial charge on any atom is -0.508 e. The summed E-state index contributed by atoms with van der Waals surface area (Å²) < 4.78 is 45.9. The predicted octanol–water partition coefficient (Wildman–Crippen LogP) is 3.52. The van der Waals surface area contributed by atoms with Crippen LogP contribution in [-0.4, -0.2) is 181 Å². The summed E-state index contributed by atoms with van der Waals surface area (Å²) in [6.45, 7) is -1.00. The number of thioether (sulfide) groups is 2. The molecular weight excluding hydrogens is 1350 g/mol. The number of nitrogens with zero attached hydrogens (tertiary/aromatic N) is 2. The summed E-state index contributed by atoms with van der Waals surface area (Å²) in [4.78, 5) is 168. The Hall–Kier alpha value is -8.97. The van der Waals surface area contributed by atoms with Crippen molar-refractivity contribution in [3.8, 4) is 5.75 Å². The van der Waals surface area contributed by atoms with Gasteiger partial charge in [0.1, 0.15) is 60.2 Å². The summed E-state index contributed by atoms with van der Waals surface area (Å²) >= 11 is 2.78. The van der Waals surface area contributed by atoms with Gasteiger partial charge in [0.15, 0.2) is 5.78 Å². The van der Waals surface area contributed by atoms with Gasteiger partial charge in [0.2, 0.25) is 53.2 Å². The van der Waals surface area contributed by atoms with Gasteiger partial charge in [-0.1, -0.05) is 36.4 Å². The molecule has 9 amide bonds. The Morgan fingerprint density at radius 3 is 2.10 bits per heavy atom. The Balaban J connectivity index is 1.04. The molecule has 3 aromatic carbocycles. The number of carbonyl (C=O) groups excluding carboxylic acids is 10. The number of alkyl halides is 2. The molecule has 2 aromatic heterocycles. The zero-order chi connectivity index (χ0) is 72.3. The van der Waals surface area contributed by atoms with E-state index in [2.05, 4.69) is 52.2 Å². The maximum absolute atomic E-state index is 15.8. The summed E-state index contributed by atoms with van der Waals surface area (Å²) in [5.74, 6) is -11.5. The summed E-state index contributed by atoms with van der Waals surface area (Å²) in [6.07, 6.45) is 1.37. The van der Waals surface area contributed by atoms with Crippen LogP contribution in [0.15, 0.2) is 85.5 Å². The van der Waals surface area contributed by atoms with E-state index in [1.54, 1.807) is 0 Å². The van der Waals surface area contributed by atoms with E-state index in [1.165, 1.54) is 84.7 Å². The molecule has 1 saturated heterocycles. The third-order valence-corrected chi connectivity index (χ3v) is 21.4. The Morgan fingerprint density at radius 1 is 0.693 bits per heavy atom. The number of H-pyrrole nitrogens is 2. The van der Waals surface area contributed by atoms with E-state index >= 15 is 23.2 Å². The van der Waals surface area contributed by atoms with E-state index in [0.717, 1.165) is 16.0 Å². The number of hydrogen-bond acceptors (Lipinski definition) is 16. The number of ketones is 1. The van der Waals surface area contributed by atoms with Crippen LogP contribution in [0.1, 0.15) is 111 Å². The second kappa shape index (κ2) is 36.6. The van der Waals surface area contributed by atoms with Crippen LogP contribution < -0.4 is 48.7 Å². The largest absolute Gasteiger partial charge is 0.508 e. The number of rotatable bonds is 15. The number of phenolic OH excluding ortho intramolecular Hbond substituents is 1. The van der Waals surface area contributed by atoms with E-state index in [9.17, 15) is 53.0 Å². The van der Waals surface area contributed by atoms with E-state index < -0.39 is 176 Å². The molecule has 26 nitrogen and oxygen atoms in total. The number of primary amides is 1. The Kier molecular flexibility index (Phi) is 27.6. The van der Waals surface area contributed by atoms with Gasteiger partial charge in [-0.05, 0) is 135 Å². The zero-order valence-electron chi connectivity index (χ0n) is 55.7. The van der Waals surface area contributed by atoms with Crippen LogP contribution in [0, 0.1) is 29.5 Å². The number of carboxylic acid groups (broad SMARTS) is 1. The van der Waals surface area contributed by atoms with Gasteiger partial charge in [-0.3, -0.25) is 52.7 Å². The highest BCUT2D eigenvalue weighted by atomic mass is 32.2. The molecule has 2 aliphatic heterocycles. The van der Waals surface area contributed by atoms with Crippen LogP contribution in [0.2, 0.25) is 0 Å². The monoisotopic (exact) mass is 1440 g/mol. The van der Waals surface area contributed by atoms with Crippen molar-refractivity contribution in [2.45, 2.75) is 169 Å². The van der Waals surface area contributed by atoms with Gasteiger partial charge in [0, 0.05) is 90.5 Å². The average Bonchev–Trinajstić information content (AvgIpc) is 1.66. The van der Waals surface area contributed by atoms with E-state index in [0.29, 0.717) is 84.4 Å². The van der Waals surface area contributed by atoms with Crippen LogP contribution in [0.5, 0.6) is 5.75 Å². The standard InChI is InChI=1S/C70H88F3N13O13S2/c71-45-12-11-41-9-10-42(50(41)25-45)22-55-67(96)84-57(29-63(91)92)69(98)83-56(28-48-31-76-37-79-48)68(97)85-58(21-38-7-14-49(87)15-8-38)70(99)86-33-47(73)27-59(86)60(88)24-44(64(75)93)36-101-35-40-5-3-4-39(20-40)34-100-19-17-61(89)80-53(6-1-2-18-74)65(94)78-32-62(90)81-54(66(95)82-55)23-43-30-77-52-16-13-46(72)26-51(43)52/h3-5,7-8,13-16,20,26,30-31,37,41-42,44-45,47,50,53-59,77,87H,1-2,6,9-12,17-19,21-25,27-29,32-36,74H2,(H2,75,93)(H,76,79)(H,78,94)(H,80,89)(H,81,90)(H,82,95)(H,83,98)(H,84,96)(H,85,97)(H,91,92)/t41?,42?,44-,45?,47-,50?,53-,54-,55-,56-,57-,58-,59-/m0/s1. The molecule has 544 valence electrons. The molecule has 3 fully saturated rings. The third-order valence-electron chi connectivity index (χ3n) is 19.2. The summed E-state index contributed by atoms with van der Waals surface area (Å²) in [5, 5.41) is 39.3. The minimum atomic E-state index is -2.01. The van der Waals surface area contributed by atoms with Crippen molar-refractivity contribution >= 4 is 99.3 Å². The zero-order valence-corrected chi connectivity index (χ0v) is 57.4. The lowest BCUT2D eigenvalue weighted by Gasteiger charge is -2.33. The first-order chi connectivity index (χ1) is 48.5. The number of carbonyl (C=O) groups is 11. The molecule has 2 bridgehead atoms. The van der Waals surface area contributed by atoms with Crippen molar-refractivity contribution in [1.29, 1.82) is 0 Å². The number of imidazole rings is 1. The highest BCUT2D eigenvalue weighted by molar-refractivity contribution is 7.98. The normalized spacial score (nSPS) is 27.1. The van der Waals surface area contributed by atoms with Crippen LogP contribution in [0.3, 0.4) is 0 Å². The average molecular weight is 1440 g/mol. The van der Waals surface area contributed by atoms with Crippen LogP contribution in [-0.2, 0) is 83.5 Å². The van der Waals surface area contributed by atoms with E-state index in [-0.39, 0.29) is 67.6 Å². The van der Waals surface area contributed by atoms with Gasteiger partial charge in [0.25, 0.3) is 0 Å². The molecule has 4 heterocycles. The lowest BCUT2D eigenvalue weighted by atomic mass is 9.75. The number of carboxylic acids is 1. The molecule has 4 aliphatic rings. The first-order valence-corrected chi connectivity index (χ1v) is 36.4. The topological polar surface area (TPSA) is 412 Å². The van der Waals surface area contributed by atoms with Gasteiger partial charge in [-0.2, -0.15) is 23.5 Å². The Morgan fingerprint density at radius 2 is 1.38 bits per heavy atom. The second-order valence-corrected chi connectivity index (χ2v) is 28.7. The fourth-order valence-electron chi connectivity index (χ4n) is 13.9. The van der Waals surface area contributed by atoms with Crippen LogP contribution in [0.25, 0.3) is 10.9 Å². The number of nitrogens with two attached hydrogens (primary N) is 2. The van der Waals surface area contributed by atoms with E-state index in [4.69, 9.17) is 11.5 Å². The highest BCUT2D eigenvalue weighted by Gasteiger charge is 2.46. The van der Waals surface area contributed by atoms with Gasteiger partial charge in [-0.15, -0.1) is 0 Å². The lowest BCUT2D eigenvalue weighted by Crippen LogP contribution is -2.60. The first-order valence-electron chi connectivity index (χ1n) is 34.1. The molecule has 0 radical (unpaired) electrons. The number of Topliss-reactive ketones (excluding diaryl/α,β-unsaturated/α-hetero) is 1. The van der Waals surface area contributed by atoms with Crippen molar-refractivity contribution in [2.75, 3.05) is 31.1 Å². The molecular formula is C70H88F3N13O13S2. The molecule has 15 N–H and O–H groups in total. The maximum atomic E-state index is 15.8. The second-order valence-electron chi connectivity index (χ2n) is 26.6. The quantitative estimate of drug-likeness (QED) is 0.0667. The number of unbranched alkanes of at least 4 members (excludes halogenated alkanes) is 1. The maximum Gasteiger partial charge on any atom is 0.305 e. The highest BCUT2D eigenvalue weighted by Crippen LogP contribution is 2.48. The number of halogens is 3. The number of aromatic amines is 2. The number of aromatic hydroxyl groups is 1. The molecule has 4 unspecified atom stereocenters. The summed E-state index contributed by atoms with van der Waals surface area (Å²) in [7, 11) is 0. The molecule has 9 rings (SSSR count). The molecule has 13 atom stereocenters. The molecule has 31 heteroatoms. The fourth-order valence-corrected chi connectivity index (χ4v) is 15.9. The fraction of sp³-hybridized carbons (Fsp3) is 0.514. The predicted molar refractivity (Wildman–Crippen MR) is 370 cm³/mol. The van der Waals surface area contributed by atoms with Gasteiger partial charge >= 0.3 is 5.97 Å². The number of fused-ring (bicyclic) bond motifs is 5. The number of aliphatic carboxylic acids is 1. The summed E-state index contributed by atoms with van der Waals surface area (Å²) in [6, 6.07) is 5.97. The van der Waals surface area contributed by atoms with Crippen molar-refractivity contribution in [2.24, 2.45) is 35.1 Å². The molecule has 2 aliphatic carbocycles. The smallest absolute Gasteiger partial charge is 0.305 e. The molecule has 101 heavy (non-hydrogen) atoms. The van der Waals surface area contributed by atoms with Crippen LogP contribution >= 0.6 is 23.5 Å². The minimum absolute atomic E-state index is 0.0107. The number of benzene rings is 3. The Labute approximate surface area is 589 Å². The Bertz CT molecular complexity index is 3760. The van der Waals surface area contributed by atoms with Crippen molar-refractivity contribution in [3.05, 3.63) is 119 Å². The number of aromatic nitrogens is 3.